The van der Waals surface area contributed by atoms with Crippen molar-refractivity contribution in [1.29, 1.82) is 0 Å². The summed E-state index contributed by atoms with van der Waals surface area (Å²) in [6, 6.07) is 13.2. The van der Waals surface area contributed by atoms with Gasteiger partial charge < -0.3 is 15.6 Å². The number of aromatic nitrogens is 2. The van der Waals surface area contributed by atoms with Crippen molar-refractivity contribution in [2.24, 2.45) is 4.99 Å². The number of halogens is 2. The Labute approximate surface area is 175 Å². The van der Waals surface area contributed by atoms with Crippen LogP contribution in [0.3, 0.4) is 0 Å². The van der Waals surface area contributed by atoms with E-state index in [0.717, 1.165) is 35.4 Å². The number of hydrogen-bond acceptors (Lipinski definition) is 2. The van der Waals surface area contributed by atoms with Crippen molar-refractivity contribution in [2.45, 2.75) is 26.8 Å². The Morgan fingerprint density at radius 1 is 1.19 bits per heavy atom. The summed E-state index contributed by atoms with van der Waals surface area (Å²) in [5.41, 5.74) is 3.52. The van der Waals surface area contributed by atoms with Crippen LogP contribution in [0, 0.1) is 12.7 Å². The molecule has 0 atom stereocenters. The van der Waals surface area contributed by atoms with E-state index in [-0.39, 0.29) is 29.8 Å². The third-order valence-electron chi connectivity index (χ3n) is 4.09. The van der Waals surface area contributed by atoms with Gasteiger partial charge in [-0.2, -0.15) is 0 Å². The van der Waals surface area contributed by atoms with E-state index in [9.17, 15) is 4.39 Å². The van der Waals surface area contributed by atoms with Crippen molar-refractivity contribution >= 4 is 41.0 Å². The molecule has 144 valence electrons. The van der Waals surface area contributed by atoms with Gasteiger partial charge in [-0.15, -0.1) is 24.0 Å². The van der Waals surface area contributed by atoms with E-state index in [1.807, 2.05) is 37.3 Å². The predicted octanol–water partition coefficient (Wildman–Crippen LogP) is 3.93. The van der Waals surface area contributed by atoms with Crippen LogP contribution in [0.1, 0.15) is 23.9 Å². The van der Waals surface area contributed by atoms with Gasteiger partial charge >= 0.3 is 0 Å². The van der Waals surface area contributed by atoms with Crippen LogP contribution in [0.15, 0.2) is 47.5 Å². The van der Waals surface area contributed by atoms with Crippen LogP contribution >= 0.6 is 24.0 Å². The Bertz CT molecular complexity index is 873. The molecule has 0 spiro atoms. The molecule has 3 aromatic rings. The zero-order chi connectivity index (χ0) is 18.4. The van der Waals surface area contributed by atoms with Gasteiger partial charge in [0.05, 0.1) is 17.6 Å². The minimum absolute atomic E-state index is 0. The van der Waals surface area contributed by atoms with Gasteiger partial charge in [0.15, 0.2) is 5.96 Å². The summed E-state index contributed by atoms with van der Waals surface area (Å²) in [4.78, 5) is 12.4. The standard InChI is InChI=1S/C20H24FN5.HI/c1-3-22-20(24-13-15-9-8-14(2)16(21)12-15)23-11-10-19-25-17-6-4-5-7-18(17)26-19;/h4-9,12H,3,10-11,13H2,1-2H3,(H,25,26)(H2,22,23,24);1H. The van der Waals surface area contributed by atoms with Crippen LogP contribution in [-0.2, 0) is 13.0 Å². The van der Waals surface area contributed by atoms with Crippen molar-refractivity contribution in [3.8, 4) is 0 Å². The molecule has 0 aliphatic carbocycles. The highest BCUT2D eigenvalue weighted by molar-refractivity contribution is 14.0. The van der Waals surface area contributed by atoms with Crippen LogP contribution in [0.2, 0.25) is 0 Å². The summed E-state index contributed by atoms with van der Waals surface area (Å²) in [6.45, 7) is 5.66. The molecule has 1 heterocycles. The fourth-order valence-electron chi connectivity index (χ4n) is 2.67. The third kappa shape index (κ3) is 5.92. The third-order valence-corrected chi connectivity index (χ3v) is 4.09. The number of para-hydroxylation sites is 2. The van der Waals surface area contributed by atoms with Crippen LogP contribution in [0.5, 0.6) is 0 Å². The number of imidazole rings is 1. The summed E-state index contributed by atoms with van der Waals surface area (Å²) in [7, 11) is 0. The lowest BCUT2D eigenvalue weighted by Crippen LogP contribution is -2.38. The van der Waals surface area contributed by atoms with Crippen LogP contribution in [-0.4, -0.2) is 29.0 Å². The van der Waals surface area contributed by atoms with E-state index in [1.165, 1.54) is 6.07 Å². The summed E-state index contributed by atoms with van der Waals surface area (Å²) in [6.07, 6.45) is 0.762. The maximum atomic E-state index is 13.6. The Kier molecular flexibility index (Phi) is 8.02. The molecular formula is C20H25FIN5. The van der Waals surface area contributed by atoms with E-state index < -0.39 is 0 Å². The largest absolute Gasteiger partial charge is 0.357 e. The second-order valence-electron chi connectivity index (χ2n) is 6.16. The molecule has 0 amide bonds. The molecule has 2 aromatic carbocycles. The molecule has 0 fully saturated rings. The first kappa shape index (κ1) is 21.1. The van der Waals surface area contributed by atoms with E-state index in [0.29, 0.717) is 24.6 Å². The Morgan fingerprint density at radius 2 is 2.00 bits per heavy atom. The first-order valence-electron chi connectivity index (χ1n) is 8.86. The molecular weight excluding hydrogens is 456 g/mol. The number of rotatable bonds is 6. The molecule has 0 unspecified atom stereocenters. The Morgan fingerprint density at radius 3 is 2.74 bits per heavy atom. The van der Waals surface area contributed by atoms with Crippen molar-refractivity contribution in [3.63, 3.8) is 0 Å². The number of nitrogens with zero attached hydrogens (tertiary/aromatic N) is 2. The number of fused-ring (bicyclic) bond motifs is 1. The van der Waals surface area contributed by atoms with Crippen molar-refractivity contribution in [2.75, 3.05) is 13.1 Å². The Hall–Kier alpha value is -2.16. The molecule has 3 rings (SSSR count). The number of aryl methyl sites for hydroxylation is 1. The average molecular weight is 481 g/mol. The Balaban J connectivity index is 0.00000261. The van der Waals surface area contributed by atoms with E-state index >= 15 is 0 Å². The normalized spacial score (nSPS) is 11.3. The molecule has 0 radical (unpaired) electrons. The zero-order valence-corrected chi connectivity index (χ0v) is 17.9. The van der Waals surface area contributed by atoms with Crippen molar-refractivity contribution < 1.29 is 4.39 Å². The van der Waals surface area contributed by atoms with Gasteiger partial charge in [0.25, 0.3) is 0 Å². The molecule has 0 saturated heterocycles. The smallest absolute Gasteiger partial charge is 0.191 e. The fourth-order valence-corrected chi connectivity index (χ4v) is 2.67. The highest BCUT2D eigenvalue weighted by Crippen LogP contribution is 2.11. The fraction of sp³-hybridized carbons (Fsp3) is 0.300. The second-order valence-corrected chi connectivity index (χ2v) is 6.16. The number of aliphatic imine (C=N–C) groups is 1. The summed E-state index contributed by atoms with van der Waals surface area (Å²) < 4.78 is 13.6. The van der Waals surface area contributed by atoms with E-state index in [1.54, 1.807) is 13.0 Å². The predicted molar refractivity (Wildman–Crippen MR) is 119 cm³/mol. The van der Waals surface area contributed by atoms with Crippen LogP contribution in [0.4, 0.5) is 4.39 Å². The highest BCUT2D eigenvalue weighted by Gasteiger charge is 2.04. The molecule has 3 N–H and O–H groups in total. The number of nitrogens with one attached hydrogen (secondary N) is 3. The number of aromatic amines is 1. The molecule has 1 aromatic heterocycles. The average Bonchev–Trinajstić information content (AvgIpc) is 3.05. The van der Waals surface area contributed by atoms with Gasteiger partial charge in [0.2, 0.25) is 0 Å². The first-order valence-corrected chi connectivity index (χ1v) is 8.86. The minimum Gasteiger partial charge on any atom is -0.357 e. The van der Waals surface area contributed by atoms with Gasteiger partial charge in [-0.25, -0.2) is 14.4 Å². The molecule has 0 bridgehead atoms. The van der Waals surface area contributed by atoms with Gasteiger partial charge in [-0.05, 0) is 43.2 Å². The van der Waals surface area contributed by atoms with Gasteiger partial charge in [-0.1, -0.05) is 24.3 Å². The number of H-pyrrole nitrogens is 1. The number of benzene rings is 2. The summed E-state index contributed by atoms with van der Waals surface area (Å²) in [5, 5.41) is 6.50. The van der Waals surface area contributed by atoms with E-state index in [4.69, 9.17) is 0 Å². The number of guanidine groups is 1. The maximum absolute atomic E-state index is 13.6. The lowest BCUT2D eigenvalue weighted by atomic mass is 10.1. The summed E-state index contributed by atoms with van der Waals surface area (Å²) >= 11 is 0. The molecule has 5 nitrogen and oxygen atoms in total. The highest BCUT2D eigenvalue weighted by atomic mass is 127. The lowest BCUT2D eigenvalue weighted by molar-refractivity contribution is 0.616. The van der Waals surface area contributed by atoms with Crippen LogP contribution < -0.4 is 10.6 Å². The maximum Gasteiger partial charge on any atom is 0.191 e. The first-order chi connectivity index (χ1) is 12.7. The molecule has 0 saturated carbocycles. The monoisotopic (exact) mass is 481 g/mol. The van der Waals surface area contributed by atoms with E-state index in [2.05, 4.69) is 25.6 Å². The molecule has 0 aliphatic rings. The van der Waals surface area contributed by atoms with Crippen molar-refractivity contribution in [3.05, 3.63) is 65.2 Å². The summed E-state index contributed by atoms with van der Waals surface area (Å²) in [5.74, 6) is 1.46. The lowest BCUT2D eigenvalue weighted by Gasteiger charge is -2.10. The van der Waals surface area contributed by atoms with Gasteiger partial charge in [0.1, 0.15) is 11.6 Å². The minimum atomic E-state index is -0.194. The zero-order valence-electron chi connectivity index (χ0n) is 15.6. The topological polar surface area (TPSA) is 65.1 Å². The molecule has 27 heavy (non-hydrogen) atoms. The molecule has 0 aliphatic heterocycles. The van der Waals surface area contributed by atoms with Crippen molar-refractivity contribution in [1.82, 2.24) is 20.6 Å². The van der Waals surface area contributed by atoms with Gasteiger partial charge in [0, 0.05) is 19.5 Å². The quantitative estimate of drug-likeness (QED) is 0.284. The second kappa shape index (κ2) is 10.2. The SMILES string of the molecule is CCNC(=NCc1ccc(C)c(F)c1)NCCc1nc2ccccc2[nH]1.I. The molecule has 7 heteroatoms. The number of hydrogen-bond donors (Lipinski definition) is 3. The van der Waals surface area contributed by atoms with Crippen LogP contribution in [0.25, 0.3) is 11.0 Å². The van der Waals surface area contributed by atoms with Gasteiger partial charge in [-0.3, -0.25) is 0 Å².